The molecule has 2 heterocycles. The third-order valence-electron chi connectivity index (χ3n) is 5.45. The average molecular weight is 286 g/mol. The van der Waals surface area contributed by atoms with E-state index in [2.05, 4.69) is 31.3 Å². The Morgan fingerprint density at radius 2 is 2.05 bits per heavy atom. The summed E-state index contributed by atoms with van der Waals surface area (Å²) in [6.07, 6.45) is 4.53. The van der Waals surface area contributed by atoms with Gasteiger partial charge in [-0.1, -0.05) is 26.3 Å². The monoisotopic (exact) mass is 286 g/mol. The quantitative estimate of drug-likeness (QED) is 0.906. The van der Waals surface area contributed by atoms with Gasteiger partial charge in [-0.25, -0.2) is 0 Å². The minimum Gasteiger partial charge on any atom is -0.339 e. The molecule has 3 rings (SSSR count). The Balaban J connectivity index is 1.71. The van der Waals surface area contributed by atoms with E-state index < -0.39 is 0 Å². The van der Waals surface area contributed by atoms with Crippen molar-refractivity contribution < 1.29 is 4.79 Å². The molecule has 2 aliphatic rings. The van der Waals surface area contributed by atoms with Crippen LogP contribution in [0.25, 0.3) is 0 Å². The molecule has 3 nitrogen and oxygen atoms in total. The molecule has 0 saturated carbocycles. The standard InChI is InChI=1S/C18H26N2O/c1-3-18(2)7-10-20(11-8-18)17(21)15-5-4-14-6-9-19-13-16(14)12-15/h4-5,12,19H,3,6-11,13H2,1-2H3. The van der Waals surface area contributed by atoms with Crippen LogP contribution in [-0.2, 0) is 13.0 Å². The molecule has 2 aliphatic heterocycles. The second-order valence-corrected chi connectivity index (χ2v) is 6.87. The number of likely N-dealkylation sites (tertiary alicyclic amines) is 1. The number of hydrogen-bond donors (Lipinski definition) is 1. The maximum absolute atomic E-state index is 12.7. The lowest BCUT2D eigenvalue weighted by Crippen LogP contribution is -2.42. The summed E-state index contributed by atoms with van der Waals surface area (Å²) in [5.74, 6) is 0.210. The van der Waals surface area contributed by atoms with E-state index in [1.165, 1.54) is 17.5 Å². The third kappa shape index (κ3) is 2.98. The minimum absolute atomic E-state index is 0.210. The molecule has 0 radical (unpaired) electrons. The molecule has 1 aromatic rings. The largest absolute Gasteiger partial charge is 0.339 e. The van der Waals surface area contributed by atoms with Crippen molar-refractivity contribution in [1.82, 2.24) is 10.2 Å². The predicted octanol–water partition coefficient (Wildman–Crippen LogP) is 2.98. The summed E-state index contributed by atoms with van der Waals surface area (Å²) in [6, 6.07) is 6.25. The summed E-state index contributed by atoms with van der Waals surface area (Å²) >= 11 is 0. The molecule has 1 saturated heterocycles. The van der Waals surface area contributed by atoms with E-state index in [1.54, 1.807) is 0 Å². The van der Waals surface area contributed by atoms with Crippen LogP contribution in [0.2, 0.25) is 0 Å². The van der Waals surface area contributed by atoms with E-state index >= 15 is 0 Å². The van der Waals surface area contributed by atoms with Gasteiger partial charge in [0, 0.05) is 25.2 Å². The van der Waals surface area contributed by atoms with Gasteiger partial charge in [0.25, 0.3) is 5.91 Å². The van der Waals surface area contributed by atoms with Crippen molar-refractivity contribution in [2.75, 3.05) is 19.6 Å². The van der Waals surface area contributed by atoms with E-state index in [-0.39, 0.29) is 5.91 Å². The Kier molecular flexibility index (Phi) is 4.03. The highest BCUT2D eigenvalue weighted by atomic mass is 16.2. The Bertz CT molecular complexity index is 530. The van der Waals surface area contributed by atoms with Gasteiger partial charge in [-0.15, -0.1) is 0 Å². The minimum atomic E-state index is 0.210. The number of piperidine rings is 1. The van der Waals surface area contributed by atoms with Gasteiger partial charge in [-0.3, -0.25) is 4.79 Å². The lowest BCUT2D eigenvalue weighted by molar-refractivity contribution is 0.0600. The summed E-state index contributed by atoms with van der Waals surface area (Å²) in [6.45, 7) is 8.34. The Labute approximate surface area is 127 Å². The second-order valence-electron chi connectivity index (χ2n) is 6.87. The molecule has 0 spiro atoms. The number of carbonyl (C=O) groups is 1. The molecule has 0 unspecified atom stereocenters. The molecule has 3 heteroatoms. The van der Waals surface area contributed by atoms with Gasteiger partial charge >= 0.3 is 0 Å². The summed E-state index contributed by atoms with van der Waals surface area (Å²) in [5.41, 5.74) is 3.97. The molecule has 0 aromatic heterocycles. The van der Waals surface area contributed by atoms with Gasteiger partial charge in [0.1, 0.15) is 0 Å². The van der Waals surface area contributed by atoms with E-state index in [4.69, 9.17) is 0 Å². The number of rotatable bonds is 2. The molecule has 1 amide bonds. The smallest absolute Gasteiger partial charge is 0.253 e. The van der Waals surface area contributed by atoms with Crippen molar-refractivity contribution >= 4 is 5.91 Å². The van der Waals surface area contributed by atoms with Gasteiger partial charge in [0.15, 0.2) is 0 Å². The lowest BCUT2D eigenvalue weighted by atomic mass is 9.78. The molecule has 1 fully saturated rings. The Morgan fingerprint density at radius 3 is 2.76 bits per heavy atom. The first kappa shape index (κ1) is 14.6. The van der Waals surface area contributed by atoms with Crippen LogP contribution in [0.5, 0.6) is 0 Å². The first-order valence-electron chi connectivity index (χ1n) is 8.23. The molecule has 0 aliphatic carbocycles. The number of benzene rings is 1. The van der Waals surface area contributed by atoms with Crippen molar-refractivity contribution in [1.29, 1.82) is 0 Å². The first-order valence-corrected chi connectivity index (χ1v) is 8.23. The summed E-state index contributed by atoms with van der Waals surface area (Å²) < 4.78 is 0. The molecule has 0 atom stereocenters. The molecular formula is C18H26N2O. The maximum Gasteiger partial charge on any atom is 0.253 e. The summed E-state index contributed by atoms with van der Waals surface area (Å²) in [7, 11) is 0. The van der Waals surface area contributed by atoms with Crippen LogP contribution < -0.4 is 5.32 Å². The third-order valence-corrected chi connectivity index (χ3v) is 5.45. The highest BCUT2D eigenvalue weighted by molar-refractivity contribution is 5.94. The number of amides is 1. The Hall–Kier alpha value is -1.35. The second kappa shape index (κ2) is 5.80. The van der Waals surface area contributed by atoms with E-state index in [1.807, 2.05) is 11.0 Å². The summed E-state index contributed by atoms with van der Waals surface area (Å²) in [4.78, 5) is 14.7. The van der Waals surface area contributed by atoms with E-state index in [0.29, 0.717) is 5.41 Å². The molecule has 1 aromatic carbocycles. The van der Waals surface area contributed by atoms with Gasteiger partial charge in [-0.2, -0.15) is 0 Å². The van der Waals surface area contributed by atoms with Crippen LogP contribution in [0.3, 0.4) is 0 Å². The highest BCUT2D eigenvalue weighted by Crippen LogP contribution is 2.34. The van der Waals surface area contributed by atoms with Crippen molar-refractivity contribution in [2.45, 2.75) is 46.1 Å². The first-order chi connectivity index (χ1) is 10.1. The number of carbonyl (C=O) groups excluding carboxylic acids is 1. The van der Waals surface area contributed by atoms with Crippen LogP contribution in [0.15, 0.2) is 18.2 Å². The number of hydrogen-bond acceptors (Lipinski definition) is 2. The van der Waals surface area contributed by atoms with Gasteiger partial charge < -0.3 is 10.2 Å². The van der Waals surface area contributed by atoms with Crippen LogP contribution in [0, 0.1) is 5.41 Å². The number of nitrogens with one attached hydrogen (secondary N) is 1. The fourth-order valence-corrected chi connectivity index (χ4v) is 3.40. The molecule has 0 bridgehead atoms. The fraction of sp³-hybridized carbons (Fsp3) is 0.611. The molecule has 1 N–H and O–H groups in total. The predicted molar refractivity (Wildman–Crippen MR) is 85.4 cm³/mol. The summed E-state index contributed by atoms with van der Waals surface area (Å²) in [5, 5.41) is 3.38. The highest BCUT2D eigenvalue weighted by Gasteiger charge is 2.30. The van der Waals surface area contributed by atoms with Crippen LogP contribution >= 0.6 is 0 Å². The lowest BCUT2D eigenvalue weighted by Gasteiger charge is -2.39. The normalized spacial score (nSPS) is 21.0. The molecular weight excluding hydrogens is 260 g/mol. The van der Waals surface area contributed by atoms with Crippen LogP contribution in [0.4, 0.5) is 0 Å². The SMILES string of the molecule is CCC1(C)CCN(C(=O)c2ccc3c(c2)CNCC3)CC1. The topological polar surface area (TPSA) is 32.3 Å². The fourth-order valence-electron chi connectivity index (χ4n) is 3.40. The molecule has 114 valence electrons. The Morgan fingerprint density at radius 1 is 1.29 bits per heavy atom. The number of nitrogens with zero attached hydrogens (tertiary/aromatic N) is 1. The average Bonchev–Trinajstić information content (AvgIpc) is 2.54. The van der Waals surface area contributed by atoms with Crippen molar-refractivity contribution in [3.8, 4) is 0 Å². The number of fused-ring (bicyclic) bond motifs is 1. The van der Waals surface area contributed by atoms with E-state index in [9.17, 15) is 4.79 Å². The van der Waals surface area contributed by atoms with Crippen LogP contribution in [0.1, 0.15) is 54.6 Å². The zero-order chi connectivity index (χ0) is 14.9. The maximum atomic E-state index is 12.7. The zero-order valence-corrected chi connectivity index (χ0v) is 13.2. The van der Waals surface area contributed by atoms with Crippen LogP contribution in [-0.4, -0.2) is 30.4 Å². The zero-order valence-electron chi connectivity index (χ0n) is 13.2. The van der Waals surface area contributed by atoms with E-state index in [0.717, 1.165) is 51.0 Å². The van der Waals surface area contributed by atoms with Gasteiger partial charge in [-0.05, 0) is 54.5 Å². The van der Waals surface area contributed by atoms with Crippen molar-refractivity contribution in [3.63, 3.8) is 0 Å². The van der Waals surface area contributed by atoms with Crippen molar-refractivity contribution in [3.05, 3.63) is 34.9 Å². The van der Waals surface area contributed by atoms with Crippen molar-refractivity contribution in [2.24, 2.45) is 5.41 Å². The van der Waals surface area contributed by atoms with Gasteiger partial charge in [0.2, 0.25) is 0 Å². The van der Waals surface area contributed by atoms with Gasteiger partial charge in [0.05, 0.1) is 0 Å². The molecule has 21 heavy (non-hydrogen) atoms.